The van der Waals surface area contributed by atoms with E-state index in [1.54, 1.807) is 24.3 Å². The molecule has 1 aromatic carbocycles. The molecule has 0 heterocycles. The fourth-order valence-electron chi connectivity index (χ4n) is 2.56. The smallest absolute Gasteiger partial charge is 0.306 e. The van der Waals surface area contributed by atoms with E-state index in [1.807, 2.05) is 24.3 Å². The van der Waals surface area contributed by atoms with Gasteiger partial charge in [-0.25, -0.2) is 0 Å². The van der Waals surface area contributed by atoms with Crippen LogP contribution < -0.4 is 0 Å². The van der Waals surface area contributed by atoms with Gasteiger partial charge in [0.05, 0.1) is 13.0 Å². The molecule has 1 atom stereocenters. The van der Waals surface area contributed by atoms with Crippen LogP contribution in [0.5, 0.6) is 0 Å². The monoisotopic (exact) mass is 336 g/mol. The number of ether oxygens (including phenoxy) is 1. The number of hydrogen-bond acceptors (Lipinski definition) is 3. The second kappa shape index (κ2) is 9.64. The molecule has 0 saturated heterocycles. The predicted octanol–water partition coefficient (Wildman–Crippen LogP) is 4.66. The number of carbonyl (C=O) groups is 2. The van der Waals surface area contributed by atoms with Gasteiger partial charge in [-0.05, 0) is 36.1 Å². The van der Waals surface area contributed by atoms with Crippen LogP contribution >= 0.6 is 0 Å². The summed E-state index contributed by atoms with van der Waals surface area (Å²) >= 11 is 0. The molecular formula is C22H24O3. The molecule has 3 nitrogen and oxygen atoms in total. The summed E-state index contributed by atoms with van der Waals surface area (Å²) in [4.78, 5) is 24.7. The Labute approximate surface area is 149 Å². The summed E-state index contributed by atoms with van der Waals surface area (Å²) in [6.07, 6.45) is 6.70. The molecule has 0 spiro atoms. The Morgan fingerprint density at radius 1 is 1.08 bits per heavy atom. The molecule has 1 unspecified atom stereocenters. The van der Waals surface area contributed by atoms with Crippen LogP contribution in [0.1, 0.15) is 43.5 Å². The topological polar surface area (TPSA) is 43.4 Å². The van der Waals surface area contributed by atoms with Gasteiger partial charge in [0.15, 0.2) is 5.78 Å². The number of Topliss-reactive ketones (excluding diaryl/α,β-unsaturated/α-hetero) is 1. The highest BCUT2D eigenvalue weighted by Gasteiger charge is 2.22. The zero-order chi connectivity index (χ0) is 18.1. The molecule has 0 N–H and O–H groups in total. The molecule has 1 aliphatic rings. The lowest BCUT2D eigenvalue weighted by atomic mass is 9.87. The fraction of sp³-hybridized carbons (Fsp3) is 0.364. The summed E-state index contributed by atoms with van der Waals surface area (Å²) in [6, 6.07) is 9.15. The van der Waals surface area contributed by atoms with E-state index in [1.165, 1.54) is 0 Å². The maximum absolute atomic E-state index is 12.5. The number of ketones is 1. The highest BCUT2D eigenvalue weighted by Crippen LogP contribution is 2.24. The second-order valence-corrected chi connectivity index (χ2v) is 6.56. The standard InChI is InChI=1S/C22H24O3/c1-17(2)13-14-25-22(24)16-20(18-9-5-3-6-10-18)15-21(23)19-11-7-4-8-12-19/h4-5,7-12,17,20H,13-16H2,1-2H3. The molecule has 0 fully saturated rings. The average Bonchev–Trinajstić information content (AvgIpc) is 2.62. The highest BCUT2D eigenvalue weighted by atomic mass is 16.5. The summed E-state index contributed by atoms with van der Waals surface area (Å²) in [6.45, 7) is 4.60. The number of allylic oxidation sites excluding steroid dienone is 4. The van der Waals surface area contributed by atoms with Gasteiger partial charge in [0, 0.05) is 17.9 Å². The van der Waals surface area contributed by atoms with Crippen molar-refractivity contribution >= 4 is 11.8 Å². The summed E-state index contributed by atoms with van der Waals surface area (Å²) in [7, 11) is 0. The Balaban J connectivity index is 2.02. The third-order valence-corrected chi connectivity index (χ3v) is 4.05. The summed E-state index contributed by atoms with van der Waals surface area (Å²) in [5.41, 5.74) is 7.31. The van der Waals surface area contributed by atoms with Crippen LogP contribution in [0.25, 0.3) is 0 Å². The Morgan fingerprint density at radius 3 is 2.48 bits per heavy atom. The lowest BCUT2D eigenvalue weighted by Crippen LogP contribution is -2.17. The van der Waals surface area contributed by atoms with E-state index in [0.29, 0.717) is 18.1 Å². The maximum Gasteiger partial charge on any atom is 0.306 e. The van der Waals surface area contributed by atoms with E-state index in [9.17, 15) is 9.59 Å². The fourth-order valence-corrected chi connectivity index (χ4v) is 2.56. The van der Waals surface area contributed by atoms with E-state index >= 15 is 0 Å². The Morgan fingerprint density at radius 2 is 1.84 bits per heavy atom. The quantitative estimate of drug-likeness (QED) is 0.374. The normalized spacial score (nSPS) is 13.6. The van der Waals surface area contributed by atoms with Gasteiger partial charge in [-0.3, -0.25) is 9.59 Å². The SMILES string of the molecule is CC(C)CCOC(=O)CC(CC(=O)c1ccccc1)C1=CC=C=C=C1. The molecule has 1 aliphatic carbocycles. The lowest BCUT2D eigenvalue weighted by Gasteiger charge is -2.17. The first kappa shape index (κ1) is 18.7. The van der Waals surface area contributed by atoms with E-state index < -0.39 is 0 Å². The molecule has 3 heteroatoms. The first-order chi connectivity index (χ1) is 12.1. The van der Waals surface area contributed by atoms with E-state index in [4.69, 9.17) is 4.74 Å². The van der Waals surface area contributed by atoms with Gasteiger partial charge in [0.25, 0.3) is 0 Å². The number of hydrogen-bond donors (Lipinski definition) is 0. The van der Waals surface area contributed by atoms with Crippen molar-refractivity contribution in [3.8, 4) is 0 Å². The van der Waals surface area contributed by atoms with Crippen molar-refractivity contribution in [2.75, 3.05) is 6.61 Å². The number of benzene rings is 1. The van der Waals surface area contributed by atoms with Crippen molar-refractivity contribution in [1.82, 2.24) is 0 Å². The van der Waals surface area contributed by atoms with Crippen LogP contribution in [-0.4, -0.2) is 18.4 Å². The molecule has 0 saturated carbocycles. The van der Waals surface area contributed by atoms with Crippen LogP contribution in [0.15, 0.2) is 65.6 Å². The first-order valence-electron chi connectivity index (χ1n) is 8.67. The van der Waals surface area contributed by atoms with E-state index in [0.717, 1.165) is 12.0 Å². The minimum absolute atomic E-state index is 0.0217. The molecular weight excluding hydrogens is 312 g/mol. The van der Waals surface area contributed by atoms with Crippen LogP contribution in [0, 0.1) is 11.8 Å². The first-order valence-corrected chi connectivity index (χ1v) is 8.67. The summed E-state index contributed by atoms with van der Waals surface area (Å²) in [5, 5.41) is 0. The Kier molecular flexibility index (Phi) is 7.22. The zero-order valence-electron chi connectivity index (χ0n) is 14.8. The summed E-state index contributed by atoms with van der Waals surface area (Å²) in [5.74, 6) is 0.0281. The van der Waals surface area contributed by atoms with Gasteiger partial charge in [-0.15, -0.1) is 0 Å². The highest BCUT2D eigenvalue weighted by molar-refractivity contribution is 5.96. The molecule has 25 heavy (non-hydrogen) atoms. The number of carbonyl (C=O) groups excluding carboxylic acids is 2. The maximum atomic E-state index is 12.5. The molecule has 0 bridgehead atoms. The van der Waals surface area contributed by atoms with Crippen molar-refractivity contribution in [2.24, 2.45) is 11.8 Å². The molecule has 0 aliphatic heterocycles. The van der Waals surface area contributed by atoms with Gasteiger partial charge in [-0.1, -0.05) is 55.6 Å². The third kappa shape index (κ3) is 6.43. The molecule has 0 radical (unpaired) electrons. The van der Waals surface area contributed by atoms with Crippen molar-refractivity contribution < 1.29 is 14.3 Å². The minimum atomic E-state index is -0.264. The molecule has 0 amide bonds. The van der Waals surface area contributed by atoms with E-state index in [-0.39, 0.29) is 30.5 Å². The van der Waals surface area contributed by atoms with Crippen LogP contribution in [0.4, 0.5) is 0 Å². The molecule has 2 rings (SSSR count). The molecule has 1 aromatic rings. The summed E-state index contributed by atoms with van der Waals surface area (Å²) < 4.78 is 5.32. The van der Waals surface area contributed by atoms with Gasteiger partial charge in [0.2, 0.25) is 0 Å². The number of rotatable bonds is 9. The van der Waals surface area contributed by atoms with Crippen LogP contribution in [0.3, 0.4) is 0 Å². The van der Waals surface area contributed by atoms with Crippen molar-refractivity contribution in [3.05, 3.63) is 71.2 Å². The van der Waals surface area contributed by atoms with E-state index in [2.05, 4.69) is 25.3 Å². The van der Waals surface area contributed by atoms with Gasteiger partial charge >= 0.3 is 5.97 Å². The van der Waals surface area contributed by atoms with Crippen LogP contribution in [0.2, 0.25) is 0 Å². The molecule has 130 valence electrons. The van der Waals surface area contributed by atoms with Crippen molar-refractivity contribution in [3.63, 3.8) is 0 Å². The van der Waals surface area contributed by atoms with Crippen molar-refractivity contribution in [2.45, 2.75) is 33.1 Å². The van der Waals surface area contributed by atoms with Crippen molar-refractivity contribution in [1.29, 1.82) is 0 Å². The predicted molar refractivity (Wildman–Crippen MR) is 98.2 cm³/mol. The second-order valence-electron chi connectivity index (χ2n) is 6.56. The largest absolute Gasteiger partial charge is 0.466 e. The third-order valence-electron chi connectivity index (χ3n) is 4.05. The number of esters is 1. The zero-order valence-corrected chi connectivity index (χ0v) is 14.8. The minimum Gasteiger partial charge on any atom is -0.466 e. The van der Waals surface area contributed by atoms with Gasteiger partial charge in [0.1, 0.15) is 0 Å². The van der Waals surface area contributed by atoms with Gasteiger partial charge < -0.3 is 4.74 Å². The Bertz CT molecular complexity index is 728. The van der Waals surface area contributed by atoms with Crippen LogP contribution in [-0.2, 0) is 9.53 Å². The lowest BCUT2D eigenvalue weighted by molar-refractivity contribution is -0.144. The molecule has 0 aromatic heterocycles. The Hall–Kier alpha value is -2.60. The van der Waals surface area contributed by atoms with Gasteiger partial charge in [-0.2, -0.15) is 0 Å². The average molecular weight is 336 g/mol.